The first kappa shape index (κ1) is 16.1. The second-order valence-electron chi connectivity index (χ2n) is 5.74. The average Bonchev–Trinajstić information content (AvgIpc) is 2.92. The van der Waals surface area contributed by atoms with Gasteiger partial charge in [0.1, 0.15) is 0 Å². The smallest absolute Gasteiger partial charge is 0.236 e. The number of aromatic nitrogens is 2. The molecule has 1 atom stereocenters. The van der Waals surface area contributed by atoms with Crippen LogP contribution in [-0.2, 0) is 25.0 Å². The molecule has 0 radical (unpaired) electrons. The van der Waals surface area contributed by atoms with E-state index in [1.54, 1.807) is 6.20 Å². The van der Waals surface area contributed by atoms with Gasteiger partial charge in [-0.1, -0.05) is 42.1 Å². The summed E-state index contributed by atoms with van der Waals surface area (Å²) in [4.78, 5) is 19.0. The summed E-state index contributed by atoms with van der Waals surface area (Å²) in [6.07, 6.45) is 3.54. The number of hydrogen-bond donors (Lipinski definition) is 1. The van der Waals surface area contributed by atoms with Gasteiger partial charge in [-0.25, -0.2) is 4.98 Å². The van der Waals surface area contributed by atoms with Gasteiger partial charge in [0.25, 0.3) is 0 Å². The zero-order valence-electron chi connectivity index (χ0n) is 13.2. The van der Waals surface area contributed by atoms with Crippen molar-refractivity contribution in [3.05, 3.63) is 47.8 Å². The SMILES string of the molecule is Cn1c(CO)cnc1SC1CCCN(Cc2ccccc2)C1=O. The number of amides is 1. The Labute approximate surface area is 140 Å². The first-order chi connectivity index (χ1) is 11.2. The number of nitrogens with zero attached hydrogens (tertiary/aromatic N) is 3. The number of piperidine rings is 1. The Morgan fingerprint density at radius 2 is 2.13 bits per heavy atom. The fourth-order valence-corrected chi connectivity index (χ4v) is 3.96. The summed E-state index contributed by atoms with van der Waals surface area (Å²) in [5.74, 6) is 0.179. The van der Waals surface area contributed by atoms with Crippen molar-refractivity contribution in [2.24, 2.45) is 7.05 Å². The summed E-state index contributed by atoms with van der Waals surface area (Å²) < 4.78 is 1.86. The van der Waals surface area contributed by atoms with Gasteiger partial charge < -0.3 is 14.6 Å². The van der Waals surface area contributed by atoms with Gasteiger partial charge in [-0.2, -0.15) is 0 Å². The lowest BCUT2D eigenvalue weighted by molar-refractivity contribution is -0.133. The minimum Gasteiger partial charge on any atom is -0.390 e. The summed E-state index contributed by atoms with van der Waals surface area (Å²) >= 11 is 1.50. The van der Waals surface area contributed by atoms with Crippen LogP contribution in [0, 0.1) is 0 Å². The van der Waals surface area contributed by atoms with Crippen LogP contribution in [0.3, 0.4) is 0 Å². The quantitative estimate of drug-likeness (QED) is 0.912. The molecule has 0 aliphatic carbocycles. The van der Waals surface area contributed by atoms with Gasteiger partial charge in [-0.05, 0) is 18.4 Å². The molecule has 6 heteroatoms. The normalized spacial score (nSPS) is 18.4. The Balaban J connectivity index is 1.68. The lowest BCUT2D eigenvalue weighted by Crippen LogP contribution is -2.42. The maximum absolute atomic E-state index is 12.7. The number of carbonyl (C=O) groups is 1. The monoisotopic (exact) mass is 331 g/mol. The first-order valence-corrected chi connectivity index (χ1v) is 8.68. The third-order valence-corrected chi connectivity index (χ3v) is 5.46. The topological polar surface area (TPSA) is 58.4 Å². The van der Waals surface area contributed by atoms with E-state index in [-0.39, 0.29) is 17.8 Å². The van der Waals surface area contributed by atoms with Crippen LogP contribution in [0.25, 0.3) is 0 Å². The molecule has 1 N–H and O–H groups in total. The number of hydrogen-bond acceptors (Lipinski definition) is 4. The van der Waals surface area contributed by atoms with E-state index in [4.69, 9.17) is 0 Å². The van der Waals surface area contributed by atoms with Gasteiger partial charge in [0.15, 0.2) is 5.16 Å². The third kappa shape index (κ3) is 3.59. The van der Waals surface area contributed by atoms with Crippen molar-refractivity contribution in [1.29, 1.82) is 0 Å². The number of rotatable bonds is 5. The number of benzene rings is 1. The predicted molar refractivity (Wildman–Crippen MR) is 89.9 cm³/mol. The predicted octanol–water partition coefficient (Wildman–Crippen LogP) is 2.20. The van der Waals surface area contributed by atoms with Crippen molar-refractivity contribution < 1.29 is 9.90 Å². The second-order valence-corrected chi connectivity index (χ2v) is 6.91. The molecule has 2 heterocycles. The number of aliphatic hydroxyl groups excluding tert-OH is 1. The van der Waals surface area contributed by atoms with Gasteiger partial charge in [-0.15, -0.1) is 0 Å². The highest BCUT2D eigenvalue weighted by Crippen LogP contribution is 2.30. The van der Waals surface area contributed by atoms with Gasteiger partial charge in [0, 0.05) is 20.1 Å². The second kappa shape index (κ2) is 7.19. The number of imidazole rings is 1. The van der Waals surface area contributed by atoms with E-state index in [9.17, 15) is 9.90 Å². The Hall–Kier alpha value is -1.79. The summed E-state index contributed by atoms with van der Waals surface area (Å²) in [5, 5.41) is 9.94. The zero-order chi connectivity index (χ0) is 16.2. The Morgan fingerprint density at radius 1 is 1.35 bits per heavy atom. The van der Waals surface area contributed by atoms with Crippen molar-refractivity contribution in [3.8, 4) is 0 Å². The summed E-state index contributed by atoms with van der Waals surface area (Å²) in [7, 11) is 1.87. The maximum atomic E-state index is 12.7. The van der Waals surface area contributed by atoms with Crippen LogP contribution in [0.4, 0.5) is 0 Å². The molecule has 0 spiro atoms. The lowest BCUT2D eigenvalue weighted by atomic mass is 10.1. The Bertz CT molecular complexity index is 672. The number of thioether (sulfide) groups is 1. The van der Waals surface area contributed by atoms with Crippen LogP contribution in [0.5, 0.6) is 0 Å². The van der Waals surface area contributed by atoms with Gasteiger partial charge >= 0.3 is 0 Å². The summed E-state index contributed by atoms with van der Waals surface area (Å²) in [6.45, 7) is 1.44. The van der Waals surface area contributed by atoms with Crippen LogP contribution in [0.1, 0.15) is 24.1 Å². The van der Waals surface area contributed by atoms with E-state index in [0.717, 1.165) is 35.8 Å². The van der Waals surface area contributed by atoms with Crippen LogP contribution in [-0.4, -0.2) is 37.3 Å². The van der Waals surface area contributed by atoms with Crippen molar-refractivity contribution in [2.75, 3.05) is 6.54 Å². The van der Waals surface area contributed by atoms with E-state index >= 15 is 0 Å². The Morgan fingerprint density at radius 3 is 2.83 bits per heavy atom. The third-order valence-electron chi connectivity index (χ3n) is 4.15. The number of likely N-dealkylation sites (tertiary alicyclic amines) is 1. The van der Waals surface area contributed by atoms with Crippen molar-refractivity contribution in [3.63, 3.8) is 0 Å². The highest BCUT2D eigenvalue weighted by molar-refractivity contribution is 8.00. The molecular weight excluding hydrogens is 310 g/mol. The molecule has 1 fully saturated rings. The molecule has 23 heavy (non-hydrogen) atoms. The molecule has 1 aromatic heterocycles. The molecule has 5 nitrogen and oxygen atoms in total. The number of carbonyl (C=O) groups excluding carboxylic acids is 1. The fourth-order valence-electron chi connectivity index (χ4n) is 2.78. The minimum atomic E-state index is -0.0971. The lowest BCUT2D eigenvalue weighted by Gasteiger charge is -2.31. The summed E-state index contributed by atoms with van der Waals surface area (Å²) in [5.41, 5.74) is 1.92. The van der Waals surface area contributed by atoms with E-state index in [1.165, 1.54) is 11.8 Å². The van der Waals surface area contributed by atoms with Crippen molar-refractivity contribution in [1.82, 2.24) is 14.5 Å². The molecule has 1 aliphatic rings. The van der Waals surface area contributed by atoms with Crippen LogP contribution in [0.2, 0.25) is 0 Å². The van der Waals surface area contributed by atoms with Crippen LogP contribution in [0.15, 0.2) is 41.7 Å². The molecule has 1 amide bonds. The molecule has 1 aromatic carbocycles. The highest BCUT2D eigenvalue weighted by Gasteiger charge is 2.30. The van der Waals surface area contributed by atoms with Crippen LogP contribution < -0.4 is 0 Å². The molecule has 1 unspecified atom stereocenters. The molecule has 2 aromatic rings. The minimum absolute atomic E-state index is 0.0389. The maximum Gasteiger partial charge on any atom is 0.236 e. The highest BCUT2D eigenvalue weighted by atomic mass is 32.2. The van der Waals surface area contributed by atoms with E-state index in [1.807, 2.05) is 34.7 Å². The fraction of sp³-hybridized carbons (Fsp3) is 0.412. The molecule has 0 saturated carbocycles. The van der Waals surface area contributed by atoms with E-state index < -0.39 is 0 Å². The molecule has 0 bridgehead atoms. The zero-order valence-corrected chi connectivity index (χ0v) is 14.0. The van der Waals surface area contributed by atoms with Crippen molar-refractivity contribution in [2.45, 2.75) is 36.4 Å². The number of aliphatic hydroxyl groups is 1. The van der Waals surface area contributed by atoms with Gasteiger partial charge in [0.2, 0.25) is 5.91 Å². The standard InChI is InChI=1S/C17H21N3O2S/c1-19-14(12-21)10-18-17(19)23-15-8-5-9-20(16(15)22)11-13-6-3-2-4-7-13/h2-4,6-7,10,15,21H,5,8-9,11-12H2,1H3. The first-order valence-electron chi connectivity index (χ1n) is 7.80. The van der Waals surface area contributed by atoms with E-state index in [2.05, 4.69) is 17.1 Å². The molecule has 1 aliphatic heterocycles. The molecule has 3 rings (SSSR count). The molecular formula is C17H21N3O2S. The molecule has 122 valence electrons. The van der Waals surface area contributed by atoms with Gasteiger partial charge in [-0.3, -0.25) is 4.79 Å². The largest absolute Gasteiger partial charge is 0.390 e. The van der Waals surface area contributed by atoms with E-state index in [0.29, 0.717) is 6.54 Å². The average molecular weight is 331 g/mol. The van der Waals surface area contributed by atoms with Crippen LogP contribution >= 0.6 is 11.8 Å². The summed E-state index contributed by atoms with van der Waals surface area (Å²) in [6, 6.07) is 10.1. The Kier molecular flexibility index (Phi) is 5.03. The molecule has 1 saturated heterocycles. The van der Waals surface area contributed by atoms with Gasteiger partial charge in [0.05, 0.1) is 23.7 Å². The van der Waals surface area contributed by atoms with Crippen molar-refractivity contribution >= 4 is 17.7 Å².